The first-order valence-electron chi connectivity index (χ1n) is 7.53. The standard InChI is InChI=1S/C17H20ClNO3/c1-10-4-16-14(6-15(10)18)13(5-17(20)22-16)9-19-7-11(2)21-12(3)8-19/h4-6,11-12H,7-9H2,1-3H3/t11-,12+. The van der Waals surface area contributed by atoms with Gasteiger partial charge in [0.05, 0.1) is 12.2 Å². The Hall–Kier alpha value is -1.36. The smallest absolute Gasteiger partial charge is 0.336 e. The van der Waals surface area contributed by atoms with E-state index in [0.717, 1.165) is 29.6 Å². The van der Waals surface area contributed by atoms with Gasteiger partial charge in [0, 0.05) is 36.1 Å². The fraction of sp³-hybridized carbons (Fsp3) is 0.471. The van der Waals surface area contributed by atoms with E-state index in [0.29, 0.717) is 17.2 Å². The van der Waals surface area contributed by atoms with Crippen molar-refractivity contribution in [2.45, 2.75) is 39.5 Å². The summed E-state index contributed by atoms with van der Waals surface area (Å²) in [6.45, 7) is 8.44. The van der Waals surface area contributed by atoms with Crippen LogP contribution in [0.4, 0.5) is 0 Å². The Labute approximate surface area is 134 Å². The predicted molar refractivity (Wildman–Crippen MR) is 87.5 cm³/mol. The molecule has 0 radical (unpaired) electrons. The number of hydrogen-bond donors (Lipinski definition) is 0. The largest absolute Gasteiger partial charge is 0.423 e. The van der Waals surface area contributed by atoms with E-state index in [9.17, 15) is 4.79 Å². The number of ether oxygens (including phenoxy) is 1. The molecule has 2 heterocycles. The SMILES string of the molecule is Cc1cc2oc(=O)cc(CN3C[C@@H](C)O[C@@H](C)C3)c2cc1Cl. The minimum absolute atomic E-state index is 0.195. The van der Waals surface area contributed by atoms with Crippen molar-refractivity contribution >= 4 is 22.6 Å². The van der Waals surface area contributed by atoms with Crippen molar-refractivity contribution in [2.24, 2.45) is 0 Å². The molecule has 0 N–H and O–H groups in total. The first-order chi connectivity index (χ1) is 10.4. The van der Waals surface area contributed by atoms with Gasteiger partial charge >= 0.3 is 5.63 Å². The van der Waals surface area contributed by atoms with E-state index < -0.39 is 0 Å². The van der Waals surface area contributed by atoms with Gasteiger partial charge in [-0.3, -0.25) is 4.90 Å². The van der Waals surface area contributed by atoms with Crippen molar-refractivity contribution in [1.29, 1.82) is 0 Å². The Morgan fingerprint density at radius 1 is 1.23 bits per heavy atom. The Balaban J connectivity index is 1.99. The molecule has 1 saturated heterocycles. The molecule has 1 aromatic heterocycles. The molecule has 1 aliphatic rings. The first kappa shape index (κ1) is 15.5. The van der Waals surface area contributed by atoms with Gasteiger partial charge in [-0.05, 0) is 44.0 Å². The summed E-state index contributed by atoms with van der Waals surface area (Å²) in [5.41, 5.74) is 2.13. The van der Waals surface area contributed by atoms with Crippen LogP contribution >= 0.6 is 11.6 Å². The molecule has 0 amide bonds. The second-order valence-corrected chi connectivity index (χ2v) is 6.55. The van der Waals surface area contributed by atoms with E-state index in [1.54, 1.807) is 6.07 Å². The average Bonchev–Trinajstić information content (AvgIpc) is 2.39. The summed E-state index contributed by atoms with van der Waals surface area (Å²) in [4.78, 5) is 14.1. The number of rotatable bonds is 2. The first-order valence-corrected chi connectivity index (χ1v) is 7.91. The number of benzene rings is 1. The lowest BCUT2D eigenvalue weighted by Crippen LogP contribution is -2.44. The van der Waals surface area contributed by atoms with Crippen molar-refractivity contribution in [3.63, 3.8) is 0 Å². The van der Waals surface area contributed by atoms with Crippen LogP contribution in [0.15, 0.2) is 27.4 Å². The van der Waals surface area contributed by atoms with Crippen LogP contribution in [0, 0.1) is 6.92 Å². The average molecular weight is 322 g/mol. The van der Waals surface area contributed by atoms with Crippen LogP contribution in [0.1, 0.15) is 25.0 Å². The molecule has 0 aliphatic carbocycles. The summed E-state index contributed by atoms with van der Waals surface area (Å²) in [7, 11) is 0. The van der Waals surface area contributed by atoms with Crippen molar-refractivity contribution in [2.75, 3.05) is 13.1 Å². The lowest BCUT2D eigenvalue weighted by Gasteiger charge is -2.35. The second-order valence-electron chi connectivity index (χ2n) is 6.14. The van der Waals surface area contributed by atoms with Gasteiger partial charge < -0.3 is 9.15 Å². The number of hydrogen-bond acceptors (Lipinski definition) is 4. The van der Waals surface area contributed by atoms with Gasteiger partial charge in [-0.25, -0.2) is 4.79 Å². The number of nitrogens with zero attached hydrogens (tertiary/aromatic N) is 1. The van der Waals surface area contributed by atoms with Crippen molar-refractivity contribution < 1.29 is 9.15 Å². The monoisotopic (exact) mass is 321 g/mol. The van der Waals surface area contributed by atoms with Gasteiger partial charge in [-0.2, -0.15) is 0 Å². The van der Waals surface area contributed by atoms with Gasteiger partial charge in [0.15, 0.2) is 0 Å². The third kappa shape index (κ3) is 3.19. The molecular weight excluding hydrogens is 302 g/mol. The third-order valence-corrected chi connectivity index (χ3v) is 4.41. The molecule has 0 saturated carbocycles. The van der Waals surface area contributed by atoms with Crippen LogP contribution in [0.2, 0.25) is 5.02 Å². The highest BCUT2D eigenvalue weighted by Crippen LogP contribution is 2.26. The molecule has 22 heavy (non-hydrogen) atoms. The van der Waals surface area contributed by atoms with Crippen LogP contribution in [0.25, 0.3) is 11.0 Å². The zero-order valence-corrected chi connectivity index (χ0v) is 13.8. The number of fused-ring (bicyclic) bond motifs is 1. The van der Waals surface area contributed by atoms with Crippen LogP contribution < -0.4 is 5.63 Å². The maximum absolute atomic E-state index is 11.8. The van der Waals surface area contributed by atoms with E-state index in [2.05, 4.69) is 18.7 Å². The van der Waals surface area contributed by atoms with E-state index in [1.165, 1.54) is 0 Å². The van der Waals surface area contributed by atoms with Gasteiger partial charge in [0.2, 0.25) is 0 Å². The summed E-state index contributed by atoms with van der Waals surface area (Å²) >= 11 is 6.24. The minimum atomic E-state index is -0.321. The van der Waals surface area contributed by atoms with Gasteiger partial charge in [0.25, 0.3) is 0 Å². The van der Waals surface area contributed by atoms with Gasteiger partial charge in [-0.15, -0.1) is 0 Å². The van der Waals surface area contributed by atoms with Crippen LogP contribution in [-0.4, -0.2) is 30.2 Å². The molecule has 5 heteroatoms. The molecule has 0 spiro atoms. The molecule has 1 aromatic carbocycles. The Morgan fingerprint density at radius 2 is 1.91 bits per heavy atom. The molecule has 0 unspecified atom stereocenters. The summed E-state index contributed by atoms with van der Waals surface area (Å²) in [6, 6.07) is 5.28. The summed E-state index contributed by atoms with van der Waals surface area (Å²) < 4.78 is 11.1. The summed E-state index contributed by atoms with van der Waals surface area (Å²) in [5.74, 6) is 0. The highest BCUT2D eigenvalue weighted by molar-refractivity contribution is 6.32. The normalized spacial score (nSPS) is 23.1. The quantitative estimate of drug-likeness (QED) is 0.795. The molecule has 0 bridgehead atoms. The van der Waals surface area contributed by atoms with E-state index >= 15 is 0 Å². The summed E-state index contributed by atoms with van der Waals surface area (Å²) in [6.07, 6.45) is 0.391. The lowest BCUT2D eigenvalue weighted by molar-refractivity contribution is -0.0704. The van der Waals surface area contributed by atoms with E-state index in [1.807, 2.05) is 19.1 Å². The molecule has 2 aromatic rings. The zero-order valence-electron chi connectivity index (χ0n) is 13.1. The topological polar surface area (TPSA) is 42.7 Å². The van der Waals surface area contributed by atoms with E-state index in [-0.39, 0.29) is 17.8 Å². The lowest BCUT2D eigenvalue weighted by atomic mass is 10.1. The Bertz CT molecular complexity index is 745. The van der Waals surface area contributed by atoms with Gasteiger partial charge in [-0.1, -0.05) is 11.6 Å². The van der Waals surface area contributed by atoms with Crippen molar-refractivity contribution in [3.05, 3.63) is 44.8 Å². The Kier molecular flexibility index (Phi) is 4.26. The van der Waals surface area contributed by atoms with Crippen LogP contribution in [0.5, 0.6) is 0 Å². The fourth-order valence-corrected chi connectivity index (χ4v) is 3.30. The molecule has 4 nitrogen and oxygen atoms in total. The van der Waals surface area contributed by atoms with Crippen molar-refractivity contribution in [3.8, 4) is 0 Å². The highest BCUT2D eigenvalue weighted by Gasteiger charge is 2.23. The molecule has 3 rings (SSSR count). The fourth-order valence-electron chi connectivity index (χ4n) is 3.13. The van der Waals surface area contributed by atoms with E-state index in [4.69, 9.17) is 20.8 Å². The number of halogens is 1. The second kappa shape index (κ2) is 6.03. The molecule has 1 aliphatic heterocycles. The van der Waals surface area contributed by atoms with Crippen LogP contribution in [-0.2, 0) is 11.3 Å². The van der Waals surface area contributed by atoms with Crippen molar-refractivity contribution in [1.82, 2.24) is 4.90 Å². The molecule has 118 valence electrons. The summed E-state index contributed by atoms with van der Waals surface area (Å²) in [5, 5.41) is 1.59. The Morgan fingerprint density at radius 3 is 2.59 bits per heavy atom. The third-order valence-electron chi connectivity index (χ3n) is 4.00. The highest BCUT2D eigenvalue weighted by atomic mass is 35.5. The van der Waals surface area contributed by atoms with Gasteiger partial charge in [0.1, 0.15) is 5.58 Å². The number of aryl methyl sites for hydroxylation is 1. The molecule has 2 atom stereocenters. The molecule has 1 fully saturated rings. The van der Waals surface area contributed by atoms with Crippen LogP contribution in [0.3, 0.4) is 0 Å². The predicted octanol–water partition coefficient (Wildman–Crippen LogP) is 3.36. The molecular formula is C17H20ClNO3. The maximum Gasteiger partial charge on any atom is 0.336 e. The zero-order chi connectivity index (χ0) is 15.9. The maximum atomic E-state index is 11.8. The number of morpholine rings is 1. The minimum Gasteiger partial charge on any atom is -0.423 e.